The number of ether oxygens (including phenoxy) is 1. The molecule has 0 rings (SSSR count). The summed E-state index contributed by atoms with van der Waals surface area (Å²) >= 11 is 0. The molecule has 0 N–H and O–H groups in total. The summed E-state index contributed by atoms with van der Waals surface area (Å²) in [7, 11) is 0. The Hall–Kier alpha value is -0.660. The van der Waals surface area contributed by atoms with Gasteiger partial charge in [-0.3, -0.25) is 0 Å². The zero-order valence-electron chi connectivity index (χ0n) is 10.5. The highest BCUT2D eigenvalue weighted by molar-refractivity contribution is 5.32. The molecular formula is C13H25NO2. The van der Waals surface area contributed by atoms with Gasteiger partial charge in [-0.2, -0.15) is 0 Å². The van der Waals surface area contributed by atoms with Crippen LogP contribution in [-0.4, -0.2) is 25.8 Å². The molecule has 0 fully saturated rings. The van der Waals surface area contributed by atoms with Crippen LogP contribution in [0.3, 0.4) is 0 Å². The maximum atomic E-state index is 9.78. The van der Waals surface area contributed by atoms with E-state index in [0.717, 1.165) is 26.1 Å². The predicted molar refractivity (Wildman–Crippen MR) is 66.4 cm³/mol. The molecule has 94 valence electrons. The molecule has 0 spiro atoms. The van der Waals surface area contributed by atoms with Gasteiger partial charge in [-0.1, -0.05) is 39.0 Å². The molecule has 0 heterocycles. The molecule has 3 nitrogen and oxygen atoms in total. The van der Waals surface area contributed by atoms with Gasteiger partial charge in [0.15, 0.2) is 0 Å². The summed E-state index contributed by atoms with van der Waals surface area (Å²) in [5, 5.41) is 0. The van der Waals surface area contributed by atoms with E-state index in [1.807, 2.05) is 0 Å². The molecule has 16 heavy (non-hydrogen) atoms. The SMILES string of the molecule is CCCOCCCCCCCCCN=C=O. The van der Waals surface area contributed by atoms with E-state index in [4.69, 9.17) is 4.74 Å². The van der Waals surface area contributed by atoms with Crippen LogP contribution in [0.4, 0.5) is 0 Å². The molecule has 0 aromatic heterocycles. The van der Waals surface area contributed by atoms with Crippen LogP contribution in [0.2, 0.25) is 0 Å². The second-order valence-electron chi connectivity index (χ2n) is 4.06. The first-order valence-corrected chi connectivity index (χ1v) is 6.53. The van der Waals surface area contributed by atoms with Gasteiger partial charge in [-0.05, 0) is 19.3 Å². The van der Waals surface area contributed by atoms with Crippen molar-refractivity contribution in [2.75, 3.05) is 19.8 Å². The van der Waals surface area contributed by atoms with Gasteiger partial charge >= 0.3 is 0 Å². The van der Waals surface area contributed by atoms with Crippen molar-refractivity contribution >= 4 is 6.08 Å². The predicted octanol–water partition coefficient (Wildman–Crippen LogP) is 3.48. The molecule has 0 aliphatic rings. The van der Waals surface area contributed by atoms with E-state index in [1.54, 1.807) is 6.08 Å². The maximum Gasteiger partial charge on any atom is 0.234 e. The minimum atomic E-state index is 0.647. The number of rotatable bonds is 12. The lowest BCUT2D eigenvalue weighted by Gasteiger charge is -2.02. The van der Waals surface area contributed by atoms with E-state index in [2.05, 4.69) is 11.9 Å². The Labute approximate surface area is 99.3 Å². The van der Waals surface area contributed by atoms with Crippen LogP contribution >= 0.6 is 0 Å². The smallest absolute Gasteiger partial charge is 0.234 e. The van der Waals surface area contributed by atoms with Crippen molar-refractivity contribution in [3.63, 3.8) is 0 Å². The molecule has 0 aromatic rings. The lowest BCUT2D eigenvalue weighted by Crippen LogP contribution is -1.95. The number of carbonyl (C=O) groups excluding carboxylic acids is 1. The molecule has 0 atom stereocenters. The second kappa shape index (κ2) is 14.3. The van der Waals surface area contributed by atoms with Gasteiger partial charge in [0.2, 0.25) is 6.08 Å². The van der Waals surface area contributed by atoms with E-state index in [9.17, 15) is 4.79 Å². The van der Waals surface area contributed by atoms with Gasteiger partial charge in [0.1, 0.15) is 0 Å². The molecule has 0 amide bonds. The van der Waals surface area contributed by atoms with E-state index >= 15 is 0 Å². The van der Waals surface area contributed by atoms with Gasteiger partial charge in [0.25, 0.3) is 0 Å². The third kappa shape index (κ3) is 13.3. The summed E-state index contributed by atoms with van der Waals surface area (Å²) in [6.45, 7) is 4.60. The fourth-order valence-electron chi connectivity index (χ4n) is 1.57. The average molecular weight is 227 g/mol. The highest BCUT2D eigenvalue weighted by Crippen LogP contribution is 2.07. The Kier molecular flexibility index (Phi) is 13.7. The molecule has 0 unspecified atom stereocenters. The number of isocyanates is 1. The Morgan fingerprint density at radius 1 is 0.938 bits per heavy atom. The van der Waals surface area contributed by atoms with Crippen molar-refractivity contribution in [2.24, 2.45) is 4.99 Å². The summed E-state index contributed by atoms with van der Waals surface area (Å²) in [4.78, 5) is 13.3. The Bertz CT molecular complexity index is 177. The van der Waals surface area contributed by atoms with Crippen molar-refractivity contribution in [3.8, 4) is 0 Å². The third-order valence-electron chi connectivity index (χ3n) is 2.47. The van der Waals surface area contributed by atoms with Crippen molar-refractivity contribution in [3.05, 3.63) is 0 Å². The van der Waals surface area contributed by atoms with Crippen molar-refractivity contribution in [1.29, 1.82) is 0 Å². The highest BCUT2D eigenvalue weighted by Gasteiger charge is 1.92. The summed E-state index contributed by atoms with van der Waals surface area (Å²) in [6.07, 6.45) is 11.2. The number of aliphatic imine (C=N–C) groups is 1. The Balaban J connectivity index is 2.90. The monoisotopic (exact) mass is 227 g/mol. The first-order valence-electron chi connectivity index (χ1n) is 6.53. The van der Waals surface area contributed by atoms with Crippen LogP contribution in [0.1, 0.15) is 58.3 Å². The molecule has 3 heteroatoms. The van der Waals surface area contributed by atoms with Gasteiger partial charge in [0.05, 0.1) is 6.54 Å². The Morgan fingerprint density at radius 3 is 2.19 bits per heavy atom. The van der Waals surface area contributed by atoms with Crippen LogP contribution in [0.25, 0.3) is 0 Å². The lowest BCUT2D eigenvalue weighted by atomic mass is 10.1. The van der Waals surface area contributed by atoms with Crippen LogP contribution in [-0.2, 0) is 9.53 Å². The number of nitrogens with zero attached hydrogens (tertiary/aromatic N) is 1. The van der Waals surface area contributed by atoms with Gasteiger partial charge in [0, 0.05) is 13.2 Å². The van der Waals surface area contributed by atoms with Crippen molar-refractivity contribution in [2.45, 2.75) is 58.3 Å². The van der Waals surface area contributed by atoms with Gasteiger partial charge in [-0.15, -0.1) is 0 Å². The van der Waals surface area contributed by atoms with Crippen molar-refractivity contribution in [1.82, 2.24) is 0 Å². The van der Waals surface area contributed by atoms with Crippen molar-refractivity contribution < 1.29 is 9.53 Å². The quantitative estimate of drug-likeness (QED) is 0.291. The largest absolute Gasteiger partial charge is 0.381 e. The summed E-state index contributed by atoms with van der Waals surface area (Å²) in [6, 6.07) is 0. The summed E-state index contributed by atoms with van der Waals surface area (Å²) in [5.41, 5.74) is 0. The first kappa shape index (κ1) is 15.3. The third-order valence-corrected chi connectivity index (χ3v) is 2.47. The number of hydrogen-bond donors (Lipinski definition) is 0. The molecule has 0 saturated heterocycles. The van der Waals surface area contributed by atoms with Crippen LogP contribution < -0.4 is 0 Å². The first-order chi connectivity index (χ1) is 7.91. The minimum absolute atomic E-state index is 0.647. The lowest BCUT2D eigenvalue weighted by molar-refractivity contribution is 0.130. The standard InChI is InChI=1S/C13H25NO2/c1-2-11-16-12-9-7-5-3-4-6-8-10-14-13-15/h2-12H2,1H3. The molecule has 0 bridgehead atoms. The van der Waals surface area contributed by atoms with Gasteiger partial charge < -0.3 is 4.74 Å². The average Bonchev–Trinajstić information content (AvgIpc) is 2.31. The zero-order chi connectivity index (χ0) is 11.9. The molecular weight excluding hydrogens is 202 g/mol. The molecule has 0 saturated carbocycles. The topological polar surface area (TPSA) is 38.7 Å². The van der Waals surface area contributed by atoms with E-state index < -0.39 is 0 Å². The van der Waals surface area contributed by atoms with Crippen LogP contribution in [0.15, 0.2) is 4.99 Å². The number of unbranched alkanes of at least 4 members (excludes halogenated alkanes) is 6. The molecule has 0 radical (unpaired) electrons. The van der Waals surface area contributed by atoms with Crippen LogP contribution in [0.5, 0.6) is 0 Å². The fourth-order valence-corrected chi connectivity index (χ4v) is 1.57. The normalized spacial score (nSPS) is 10.1. The fraction of sp³-hybridized carbons (Fsp3) is 0.923. The second-order valence-corrected chi connectivity index (χ2v) is 4.06. The molecule has 0 aliphatic heterocycles. The van der Waals surface area contributed by atoms with E-state index in [0.29, 0.717) is 6.54 Å². The zero-order valence-corrected chi connectivity index (χ0v) is 10.5. The van der Waals surface area contributed by atoms with Crippen LogP contribution in [0, 0.1) is 0 Å². The highest BCUT2D eigenvalue weighted by atomic mass is 16.5. The van der Waals surface area contributed by atoms with Gasteiger partial charge in [-0.25, -0.2) is 9.79 Å². The minimum Gasteiger partial charge on any atom is -0.381 e. The number of hydrogen-bond acceptors (Lipinski definition) is 3. The molecule has 0 aromatic carbocycles. The summed E-state index contributed by atoms with van der Waals surface area (Å²) < 4.78 is 5.41. The maximum absolute atomic E-state index is 9.78. The summed E-state index contributed by atoms with van der Waals surface area (Å²) in [5.74, 6) is 0. The van der Waals surface area contributed by atoms with E-state index in [-0.39, 0.29) is 0 Å². The van der Waals surface area contributed by atoms with E-state index in [1.165, 1.54) is 38.5 Å². The molecule has 0 aliphatic carbocycles. The Morgan fingerprint density at radius 2 is 1.56 bits per heavy atom.